The molecule has 1 aromatic carbocycles. The molecule has 18 heavy (non-hydrogen) atoms. The van der Waals surface area contributed by atoms with Crippen LogP contribution in [0.5, 0.6) is 0 Å². The number of carbonyl (C=O) groups excluding carboxylic acids is 1. The third kappa shape index (κ3) is 2.64. The number of aldehydes is 1. The summed E-state index contributed by atoms with van der Waals surface area (Å²) in [5.74, 6) is 0. The largest absolute Gasteiger partial charge is 0.392 e. The predicted molar refractivity (Wildman–Crippen MR) is 72.3 cm³/mol. The van der Waals surface area contributed by atoms with E-state index in [4.69, 9.17) is 0 Å². The van der Waals surface area contributed by atoms with Crippen molar-refractivity contribution >= 4 is 6.29 Å². The van der Waals surface area contributed by atoms with Gasteiger partial charge in [-0.2, -0.15) is 0 Å². The van der Waals surface area contributed by atoms with Crippen molar-refractivity contribution < 1.29 is 9.90 Å². The van der Waals surface area contributed by atoms with Crippen LogP contribution in [0.1, 0.15) is 38.7 Å². The van der Waals surface area contributed by atoms with Gasteiger partial charge in [0.25, 0.3) is 0 Å². The van der Waals surface area contributed by atoms with Gasteiger partial charge in [-0.1, -0.05) is 44.2 Å². The number of benzene rings is 1. The Morgan fingerprint density at radius 3 is 2.61 bits per heavy atom. The molecule has 1 aliphatic rings. The van der Waals surface area contributed by atoms with Crippen LogP contribution in [0.4, 0.5) is 0 Å². The molecular formula is C16H22O2. The number of aliphatic hydroxyl groups is 1. The van der Waals surface area contributed by atoms with Crippen LogP contribution in [0.25, 0.3) is 0 Å². The Balaban J connectivity index is 2.26. The molecule has 0 amide bonds. The van der Waals surface area contributed by atoms with Gasteiger partial charge in [0, 0.05) is 0 Å². The van der Waals surface area contributed by atoms with Gasteiger partial charge in [-0.05, 0) is 36.7 Å². The van der Waals surface area contributed by atoms with Crippen molar-refractivity contribution in [3.8, 4) is 0 Å². The summed E-state index contributed by atoms with van der Waals surface area (Å²) in [4.78, 5) is 11.6. The Labute approximate surface area is 109 Å². The molecule has 2 unspecified atom stereocenters. The first-order chi connectivity index (χ1) is 8.47. The molecule has 1 aromatic rings. The Bertz CT molecular complexity index is 410. The van der Waals surface area contributed by atoms with Gasteiger partial charge in [-0.3, -0.25) is 0 Å². The van der Waals surface area contributed by atoms with Crippen LogP contribution in [0.15, 0.2) is 30.3 Å². The molecule has 0 heterocycles. The fourth-order valence-electron chi connectivity index (χ4n) is 3.23. The van der Waals surface area contributed by atoms with E-state index in [-0.39, 0.29) is 5.41 Å². The van der Waals surface area contributed by atoms with E-state index in [0.29, 0.717) is 6.42 Å². The lowest BCUT2D eigenvalue weighted by atomic mass is 9.60. The van der Waals surface area contributed by atoms with Crippen LogP contribution < -0.4 is 0 Å². The van der Waals surface area contributed by atoms with E-state index in [9.17, 15) is 9.90 Å². The van der Waals surface area contributed by atoms with Crippen molar-refractivity contribution in [1.29, 1.82) is 0 Å². The summed E-state index contributed by atoms with van der Waals surface area (Å²) in [6.45, 7) is 4.37. The monoisotopic (exact) mass is 246 g/mol. The number of aliphatic hydroxyl groups excluding tert-OH is 1. The number of carbonyl (C=O) groups is 1. The lowest BCUT2D eigenvalue weighted by Crippen LogP contribution is -2.46. The average molecular weight is 246 g/mol. The maximum absolute atomic E-state index is 11.6. The van der Waals surface area contributed by atoms with Crippen LogP contribution >= 0.6 is 0 Å². The van der Waals surface area contributed by atoms with Crippen LogP contribution in [0, 0.1) is 10.8 Å². The summed E-state index contributed by atoms with van der Waals surface area (Å²) in [6, 6.07) is 9.99. The highest BCUT2D eigenvalue weighted by molar-refractivity contribution is 5.62. The van der Waals surface area contributed by atoms with E-state index < -0.39 is 11.5 Å². The lowest BCUT2D eigenvalue weighted by Gasteiger charge is -2.45. The van der Waals surface area contributed by atoms with E-state index in [1.807, 2.05) is 30.3 Å². The second kappa shape index (κ2) is 4.85. The SMILES string of the molecule is CC1(C)CCC(O)C(C=O)(Cc2ccccc2)C1. The average Bonchev–Trinajstić information content (AvgIpc) is 2.35. The molecule has 0 aliphatic heterocycles. The number of hydrogen-bond donors (Lipinski definition) is 1. The normalized spacial score (nSPS) is 30.9. The molecule has 0 radical (unpaired) electrons. The van der Waals surface area contributed by atoms with Crippen molar-refractivity contribution in [1.82, 2.24) is 0 Å². The van der Waals surface area contributed by atoms with Gasteiger partial charge in [-0.15, -0.1) is 0 Å². The van der Waals surface area contributed by atoms with E-state index in [2.05, 4.69) is 13.8 Å². The quantitative estimate of drug-likeness (QED) is 0.832. The molecule has 2 heteroatoms. The summed E-state index contributed by atoms with van der Waals surface area (Å²) in [7, 11) is 0. The standard InChI is InChI=1S/C16H22O2/c1-15(2)9-8-14(18)16(11-15,12-17)10-13-6-4-3-5-7-13/h3-7,12,14,18H,8-11H2,1-2H3. The van der Waals surface area contributed by atoms with E-state index in [1.54, 1.807) is 0 Å². The first-order valence-corrected chi connectivity index (χ1v) is 6.66. The predicted octanol–water partition coefficient (Wildman–Crippen LogP) is 2.99. The Hall–Kier alpha value is -1.15. The molecule has 1 aliphatic carbocycles. The Morgan fingerprint density at radius 2 is 2.00 bits per heavy atom. The van der Waals surface area contributed by atoms with E-state index >= 15 is 0 Å². The van der Waals surface area contributed by atoms with Gasteiger partial charge >= 0.3 is 0 Å². The minimum Gasteiger partial charge on any atom is -0.392 e. The van der Waals surface area contributed by atoms with Gasteiger partial charge in [0.05, 0.1) is 11.5 Å². The molecule has 2 rings (SSSR count). The molecule has 0 spiro atoms. The van der Waals surface area contributed by atoms with Gasteiger partial charge in [0.2, 0.25) is 0 Å². The Morgan fingerprint density at radius 1 is 1.33 bits per heavy atom. The van der Waals surface area contributed by atoms with Crippen LogP contribution in [0.3, 0.4) is 0 Å². The first kappa shape index (κ1) is 13.3. The van der Waals surface area contributed by atoms with Gasteiger partial charge in [-0.25, -0.2) is 0 Å². The zero-order valence-corrected chi connectivity index (χ0v) is 11.2. The summed E-state index contributed by atoms with van der Waals surface area (Å²) in [5, 5.41) is 10.3. The van der Waals surface area contributed by atoms with Crippen LogP contribution in [-0.2, 0) is 11.2 Å². The highest BCUT2D eigenvalue weighted by Gasteiger charge is 2.46. The topological polar surface area (TPSA) is 37.3 Å². The zero-order valence-electron chi connectivity index (χ0n) is 11.2. The van der Waals surface area contributed by atoms with Crippen molar-refractivity contribution in [2.75, 3.05) is 0 Å². The van der Waals surface area contributed by atoms with E-state index in [0.717, 1.165) is 31.1 Å². The second-order valence-corrected chi connectivity index (χ2v) is 6.41. The van der Waals surface area contributed by atoms with Crippen molar-refractivity contribution in [2.45, 2.75) is 45.6 Å². The zero-order chi connectivity index (χ0) is 13.2. The van der Waals surface area contributed by atoms with Crippen molar-refractivity contribution in [3.05, 3.63) is 35.9 Å². The highest BCUT2D eigenvalue weighted by atomic mass is 16.3. The van der Waals surface area contributed by atoms with Gasteiger partial charge < -0.3 is 9.90 Å². The molecule has 2 atom stereocenters. The molecule has 0 saturated heterocycles. The minimum absolute atomic E-state index is 0.134. The van der Waals surface area contributed by atoms with Gasteiger partial charge in [0.15, 0.2) is 0 Å². The fraction of sp³-hybridized carbons (Fsp3) is 0.562. The smallest absolute Gasteiger partial charge is 0.129 e. The molecule has 2 nitrogen and oxygen atoms in total. The molecule has 1 fully saturated rings. The molecule has 1 saturated carbocycles. The second-order valence-electron chi connectivity index (χ2n) is 6.41. The maximum Gasteiger partial charge on any atom is 0.129 e. The number of rotatable bonds is 3. The summed E-state index contributed by atoms with van der Waals surface area (Å²) < 4.78 is 0. The summed E-state index contributed by atoms with van der Waals surface area (Å²) in [5.41, 5.74) is 0.652. The van der Waals surface area contributed by atoms with E-state index in [1.165, 1.54) is 0 Å². The number of hydrogen-bond acceptors (Lipinski definition) is 2. The molecular weight excluding hydrogens is 224 g/mol. The van der Waals surface area contributed by atoms with Crippen LogP contribution in [-0.4, -0.2) is 17.5 Å². The molecule has 98 valence electrons. The third-order valence-electron chi connectivity index (χ3n) is 4.18. The highest BCUT2D eigenvalue weighted by Crippen LogP contribution is 2.46. The van der Waals surface area contributed by atoms with Crippen molar-refractivity contribution in [2.24, 2.45) is 10.8 Å². The molecule has 0 aromatic heterocycles. The molecule has 1 N–H and O–H groups in total. The summed E-state index contributed by atoms with van der Waals surface area (Å²) in [6.07, 6.45) is 3.59. The third-order valence-corrected chi connectivity index (χ3v) is 4.18. The molecule has 0 bridgehead atoms. The Kier molecular flexibility index (Phi) is 3.58. The minimum atomic E-state index is -0.608. The lowest BCUT2D eigenvalue weighted by molar-refractivity contribution is -0.131. The van der Waals surface area contributed by atoms with Crippen LogP contribution in [0.2, 0.25) is 0 Å². The van der Waals surface area contributed by atoms with Crippen molar-refractivity contribution in [3.63, 3.8) is 0 Å². The first-order valence-electron chi connectivity index (χ1n) is 6.66. The van der Waals surface area contributed by atoms with Gasteiger partial charge in [0.1, 0.15) is 6.29 Å². The fourth-order valence-corrected chi connectivity index (χ4v) is 3.23. The summed E-state index contributed by atoms with van der Waals surface area (Å²) >= 11 is 0. The maximum atomic E-state index is 11.6.